The molecule has 1 aromatic carbocycles. The smallest absolute Gasteiger partial charge is 0.184 e. The Bertz CT molecular complexity index is 346. The number of ether oxygens (including phenoxy) is 2. The van der Waals surface area contributed by atoms with Crippen LogP contribution in [0.4, 0.5) is 4.39 Å². The summed E-state index contributed by atoms with van der Waals surface area (Å²) in [5.41, 5.74) is 0.974. The molecule has 0 unspecified atom stereocenters. The fourth-order valence-electron chi connectivity index (χ4n) is 1.71. The number of rotatable bonds is 4. The van der Waals surface area contributed by atoms with Crippen molar-refractivity contribution in [2.45, 2.75) is 31.3 Å². The minimum absolute atomic E-state index is 0.00415. The van der Waals surface area contributed by atoms with Crippen LogP contribution < -0.4 is 0 Å². The summed E-state index contributed by atoms with van der Waals surface area (Å²) < 4.78 is 23.5. The quantitative estimate of drug-likeness (QED) is 0.812. The van der Waals surface area contributed by atoms with Crippen molar-refractivity contribution in [1.82, 2.24) is 0 Å². The van der Waals surface area contributed by atoms with E-state index in [0.29, 0.717) is 6.61 Å². The monoisotopic (exact) mass is 242 g/mol. The van der Waals surface area contributed by atoms with Crippen LogP contribution in [0.25, 0.3) is 0 Å². The Labute approximate surface area is 98.6 Å². The van der Waals surface area contributed by atoms with Gasteiger partial charge in [-0.25, -0.2) is 4.39 Å². The zero-order valence-corrected chi connectivity index (χ0v) is 9.20. The molecule has 5 heteroatoms. The standard InChI is InChI=1S/C12H15FO4/c13-10-9(17-12(15)11(10)14)7-16-6-8-4-2-1-3-5-8/h1-5,9-12,14-15H,6-7H2/t9-,10-,11+,12-/m1/s1. The third-order valence-corrected chi connectivity index (χ3v) is 2.68. The summed E-state index contributed by atoms with van der Waals surface area (Å²) in [6.45, 7) is 0.351. The van der Waals surface area contributed by atoms with Gasteiger partial charge in [0.1, 0.15) is 12.2 Å². The Balaban J connectivity index is 1.76. The van der Waals surface area contributed by atoms with Gasteiger partial charge in [-0.05, 0) is 5.56 Å². The predicted molar refractivity (Wildman–Crippen MR) is 57.9 cm³/mol. The normalized spacial score (nSPS) is 32.9. The third kappa shape index (κ3) is 3.01. The Kier molecular flexibility index (Phi) is 4.06. The van der Waals surface area contributed by atoms with Crippen LogP contribution in [0.1, 0.15) is 5.56 Å². The molecule has 0 bridgehead atoms. The first-order chi connectivity index (χ1) is 8.18. The second kappa shape index (κ2) is 5.55. The summed E-state index contributed by atoms with van der Waals surface area (Å²) in [5, 5.41) is 18.2. The lowest BCUT2D eigenvalue weighted by Gasteiger charge is -2.12. The lowest BCUT2D eigenvalue weighted by Crippen LogP contribution is -2.30. The van der Waals surface area contributed by atoms with Crippen LogP contribution >= 0.6 is 0 Å². The van der Waals surface area contributed by atoms with Gasteiger partial charge in [0.05, 0.1) is 13.2 Å². The van der Waals surface area contributed by atoms with Gasteiger partial charge < -0.3 is 19.7 Å². The van der Waals surface area contributed by atoms with Gasteiger partial charge in [0.15, 0.2) is 12.5 Å². The maximum Gasteiger partial charge on any atom is 0.184 e. The lowest BCUT2D eigenvalue weighted by molar-refractivity contribution is -0.137. The minimum Gasteiger partial charge on any atom is -0.385 e. The second-order valence-corrected chi connectivity index (χ2v) is 4.00. The van der Waals surface area contributed by atoms with Gasteiger partial charge >= 0.3 is 0 Å². The van der Waals surface area contributed by atoms with Gasteiger partial charge in [0, 0.05) is 0 Å². The number of halogens is 1. The highest BCUT2D eigenvalue weighted by molar-refractivity contribution is 5.13. The molecule has 4 atom stereocenters. The molecule has 0 aromatic heterocycles. The van der Waals surface area contributed by atoms with Crippen molar-refractivity contribution < 1.29 is 24.1 Å². The molecule has 0 aliphatic carbocycles. The van der Waals surface area contributed by atoms with Crippen LogP contribution in [-0.2, 0) is 16.1 Å². The first-order valence-electron chi connectivity index (χ1n) is 5.46. The number of hydrogen-bond acceptors (Lipinski definition) is 4. The SMILES string of the molecule is O[C@H]1[C@H](F)[C@@H](COCc2ccccc2)O[C@H]1O. The average molecular weight is 242 g/mol. The predicted octanol–water partition coefficient (Wildman–Crippen LogP) is 0.619. The van der Waals surface area contributed by atoms with Crippen molar-refractivity contribution >= 4 is 0 Å². The molecule has 0 saturated carbocycles. The summed E-state index contributed by atoms with van der Waals surface area (Å²) in [6, 6.07) is 9.46. The summed E-state index contributed by atoms with van der Waals surface area (Å²) in [4.78, 5) is 0. The zero-order valence-electron chi connectivity index (χ0n) is 9.20. The van der Waals surface area contributed by atoms with Gasteiger partial charge in [0.2, 0.25) is 0 Å². The van der Waals surface area contributed by atoms with Crippen LogP contribution in [0.2, 0.25) is 0 Å². The second-order valence-electron chi connectivity index (χ2n) is 4.00. The van der Waals surface area contributed by atoms with Gasteiger partial charge in [-0.1, -0.05) is 30.3 Å². The first-order valence-corrected chi connectivity index (χ1v) is 5.46. The number of aliphatic hydroxyl groups excluding tert-OH is 2. The van der Waals surface area contributed by atoms with E-state index in [2.05, 4.69) is 0 Å². The molecule has 2 rings (SSSR count). The maximum absolute atomic E-state index is 13.3. The van der Waals surface area contributed by atoms with Crippen LogP contribution in [0.3, 0.4) is 0 Å². The molecule has 0 amide bonds. The van der Waals surface area contributed by atoms with E-state index in [4.69, 9.17) is 19.7 Å². The number of benzene rings is 1. The molecule has 0 radical (unpaired) electrons. The van der Waals surface area contributed by atoms with E-state index in [1.54, 1.807) is 0 Å². The molecular weight excluding hydrogens is 227 g/mol. The molecule has 4 nitrogen and oxygen atoms in total. The number of aliphatic hydroxyl groups is 2. The number of alkyl halides is 1. The lowest BCUT2D eigenvalue weighted by atomic mass is 10.2. The fourth-order valence-corrected chi connectivity index (χ4v) is 1.71. The molecule has 0 spiro atoms. The molecule has 1 aliphatic heterocycles. The molecular formula is C12H15FO4. The van der Waals surface area contributed by atoms with Gasteiger partial charge in [-0.2, -0.15) is 0 Å². The summed E-state index contributed by atoms with van der Waals surface area (Å²) in [5.74, 6) is 0. The van der Waals surface area contributed by atoms with Crippen LogP contribution in [0, 0.1) is 0 Å². The van der Waals surface area contributed by atoms with E-state index in [1.165, 1.54) is 0 Å². The van der Waals surface area contributed by atoms with Gasteiger partial charge in [-0.3, -0.25) is 0 Å². The summed E-state index contributed by atoms with van der Waals surface area (Å²) in [6.07, 6.45) is -5.47. The Morgan fingerprint density at radius 1 is 1.24 bits per heavy atom. The van der Waals surface area contributed by atoms with Crippen molar-refractivity contribution in [3.8, 4) is 0 Å². The van der Waals surface area contributed by atoms with E-state index >= 15 is 0 Å². The van der Waals surface area contributed by atoms with Crippen molar-refractivity contribution in [1.29, 1.82) is 0 Å². The van der Waals surface area contributed by atoms with E-state index in [1.807, 2.05) is 30.3 Å². The fraction of sp³-hybridized carbons (Fsp3) is 0.500. The molecule has 1 aromatic rings. The summed E-state index contributed by atoms with van der Waals surface area (Å²) >= 11 is 0. The molecule has 2 N–H and O–H groups in total. The molecule has 94 valence electrons. The highest BCUT2D eigenvalue weighted by Gasteiger charge is 2.43. The Morgan fingerprint density at radius 3 is 2.53 bits per heavy atom. The highest BCUT2D eigenvalue weighted by atomic mass is 19.1. The van der Waals surface area contributed by atoms with Gasteiger partial charge in [-0.15, -0.1) is 0 Å². The molecule has 1 fully saturated rings. The van der Waals surface area contributed by atoms with E-state index < -0.39 is 24.7 Å². The van der Waals surface area contributed by atoms with E-state index in [-0.39, 0.29) is 6.61 Å². The minimum atomic E-state index is -1.61. The third-order valence-electron chi connectivity index (χ3n) is 2.68. The van der Waals surface area contributed by atoms with Crippen molar-refractivity contribution in [2.24, 2.45) is 0 Å². The van der Waals surface area contributed by atoms with Crippen LogP contribution in [-0.4, -0.2) is 41.5 Å². The highest BCUT2D eigenvalue weighted by Crippen LogP contribution is 2.22. The first kappa shape index (κ1) is 12.4. The van der Waals surface area contributed by atoms with E-state index in [9.17, 15) is 4.39 Å². The largest absolute Gasteiger partial charge is 0.385 e. The molecule has 1 saturated heterocycles. The van der Waals surface area contributed by atoms with Gasteiger partial charge in [0.25, 0.3) is 0 Å². The van der Waals surface area contributed by atoms with E-state index in [0.717, 1.165) is 5.56 Å². The maximum atomic E-state index is 13.3. The molecule has 1 aliphatic rings. The van der Waals surface area contributed by atoms with Crippen molar-refractivity contribution in [2.75, 3.05) is 6.61 Å². The molecule has 17 heavy (non-hydrogen) atoms. The number of hydrogen-bond donors (Lipinski definition) is 2. The summed E-state index contributed by atoms with van der Waals surface area (Å²) in [7, 11) is 0. The Hall–Kier alpha value is -1.01. The van der Waals surface area contributed by atoms with Crippen molar-refractivity contribution in [3.05, 3.63) is 35.9 Å². The topological polar surface area (TPSA) is 58.9 Å². The zero-order chi connectivity index (χ0) is 12.3. The van der Waals surface area contributed by atoms with Crippen molar-refractivity contribution in [3.63, 3.8) is 0 Å². The molecule has 1 heterocycles. The average Bonchev–Trinajstić information content (AvgIpc) is 2.59. The van der Waals surface area contributed by atoms with Crippen LogP contribution in [0.15, 0.2) is 30.3 Å². The Morgan fingerprint density at radius 2 is 1.94 bits per heavy atom. The van der Waals surface area contributed by atoms with Crippen LogP contribution in [0.5, 0.6) is 0 Å².